The third-order valence-corrected chi connectivity index (χ3v) is 3.83. The second kappa shape index (κ2) is 6.06. The first kappa shape index (κ1) is 13.8. The fraction of sp³-hybridized carbons (Fsp3) is 0.211. The number of Topliss-reactive ketones (excluding diaryl/α,β-unsaturated/α-hetero) is 1. The van der Waals surface area contributed by atoms with E-state index in [-0.39, 0.29) is 11.7 Å². The van der Waals surface area contributed by atoms with Gasteiger partial charge in [0, 0.05) is 17.1 Å². The highest BCUT2D eigenvalue weighted by molar-refractivity contribution is 6.13. The van der Waals surface area contributed by atoms with Crippen LogP contribution in [0.2, 0.25) is 0 Å². The van der Waals surface area contributed by atoms with E-state index in [9.17, 15) is 4.79 Å². The van der Waals surface area contributed by atoms with E-state index in [1.165, 1.54) is 0 Å². The highest BCUT2D eigenvalue weighted by Crippen LogP contribution is 2.32. The smallest absolute Gasteiger partial charge is 0.191 e. The Morgan fingerprint density at radius 2 is 1.62 bits per heavy atom. The molecule has 0 radical (unpaired) electrons. The molecule has 2 aromatic rings. The molecule has 1 heterocycles. The molecule has 0 spiro atoms. The molecule has 0 aromatic heterocycles. The van der Waals surface area contributed by atoms with Crippen molar-refractivity contribution < 1.29 is 9.53 Å². The van der Waals surface area contributed by atoms with Crippen molar-refractivity contribution in [3.05, 3.63) is 77.4 Å². The lowest BCUT2D eigenvalue weighted by atomic mass is 9.85. The summed E-state index contributed by atoms with van der Waals surface area (Å²) in [6.45, 7) is 3.16. The summed E-state index contributed by atoms with van der Waals surface area (Å²) in [4.78, 5) is 12.8. The predicted octanol–water partition coefficient (Wildman–Crippen LogP) is 3.99. The standard InChI is InChI=1S/C19H18O2/c1-14-12-21-13-17(18(14)15-8-4-2-5-9-15)19(20)16-10-6-3-7-11-16/h2-11,14H,12-13H2,1H3. The third-order valence-electron chi connectivity index (χ3n) is 3.83. The van der Waals surface area contributed by atoms with Crippen molar-refractivity contribution >= 4 is 11.4 Å². The summed E-state index contributed by atoms with van der Waals surface area (Å²) in [5.41, 5.74) is 3.74. The largest absolute Gasteiger partial charge is 0.376 e. The second-order valence-electron chi connectivity index (χ2n) is 5.37. The van der Waals surface area contributed by atoms with E-state index in [1.54, 1.807) is 0 Å². The summed E-state index contributed by atoms with van der Waals surface area (Å²) in [6.07, 6.45) is 0. The van der Waals surface area contributed by atoms with Gasteiger partial charge in [-0.25, -0.2) is 0 Å². The van der Waals surface area contributed by atoms with Gasteiger partial charge < -0.3 is 4.74 Å². The van der Waals surface area contributed by atoms with Crippen molar-refractivity contribution in [3.8, 4) is 0 Å². The molecule has 0 N–H and O–H groups in total. The van der Waals surface area contributed by atoms with Gasteiger partial charge in [-0.15, -0.1) is 0 Å². The van der Waals surface area contributed by atoms with E-state index in [2.05, 4.69) is 19.1 Å². The molecule has 3 rings (SSSR count). The molecule has 2 aromatic carbocycles. The van der Waals surface area contributed by atoms with E-state index in [1.807, 2.05) is 48.5 Å². The first-order valence-corrected chi connectivity index (χ1v) is 7.23. The van der Waals surface area contributed by atoms with Gasteiger partial charge in [-0.05, 0) is 11.1 Å². The van der Waals surface area contributed by atoms with Crippen molar-refractivity contribution in [1.29, 1.82) is 0 Å². The average Bonchev–Trinajstić information content (AvgIpc) is 2.55. The Labute approximate surface area is 125 Å². The number of carbonyl (C=O) groups excluding carboxylic acids is 1. The maximum absolute atomic E-state index is 12.8. The normalized spacial score (nSPS) is 18.6. The zero-order valence-electron chi connectivity index (χ0n) is 12.1. The molecule has 0 amide bonds. The Kier molecular flexibility index (Phi) is 3.98. The Balaban J connectivity index is 2.09. The summed E-state index contributed by atoms with van der Waals surface area (Å²) >= 11 is 0. The first-order valence-electron chi connectivity index (χ1n) is 7.23. The minimum atomic E-state index is 0.0704. The Morgan fingerprint density at radius 3 is 2.29 bits per heavy atom. The van der Waals surface area contributed by atoms with Gasteiger partial charge in [0.05, 0.1) is 13.2 Å². The van der Waals surface area contributed by atoms with Crippen LogP contribution in [0, 0.1) is 5.92 Å². The fourth-order valence-corrected chi connectivity index (χ4v) is 2.82. The van der Waals surface area contributed by atoms with Crippen LogP contribution in [-0.2, 0) is 4.74 Å². The number of benzene rings is 2. The molecule has 0 fully saturated rings. The molecule has 0 saturated carbocycles. The quantitative estimate of drug-likeness (QED) is 0.794. The van der Waals surface area contributed by atoms with Gasteiger partial charge in [0.25, 0.3) is 0 Å². The van der Waals surface area contributed by atoms with Crippen molar-refractivity contribution in [2.75, 3.05) is 13.2 Å². The van der Waals surface area contributed by atoms with Crippen LogP contribution in [0.3, 0.4) is 0 Å². The summed E-state index contributed by atoms with van der Waals surface area (Å²) in [5, 5.41) is 0. The SMILES string of the molecule is CC1COCC(C(=O)c2ccccc2)=C1c1ccccc1. The molecule has 2 nitrogen and oxygen atoms in total. The van der Waals surface area contributed by atoms with Crippen LogP contribution in [0.4, 0.5) is 0 Å². The molecule has 0 bridgehead atoms. The van der Waals surface area contributed by atoms with Gasteiger partial charge in [0.1, 0.15) is 0 Å². The molecule has 1 aliphatic heterocycles. The fourth-order valence-electron chi connectivity index (χ4n) is 2.82. The number of hydrogen-bond donors (Lipinski definition) is 0. The number of ether oxygens (including phenoxy) is 1. The second-order valence-corrected chi connectivity index (χ2v) is 5.37. The molecule has 106 valence electrons. The van der Waals surface area contributed by atoms with Crippen LogP contribution in [-0.4, -0.2) is 19.0 Å². The van der Waals surface area contributed by atoms with Crippen LogP contribution in [0.1, 0.15) is 22.8 Å². The summed E-state index contributed by atoms with van der Waals surface area (Å²) in [6, 6.07) is 19.6. The maximum atomic E-state index is 12.8. The van der Waals surface area contributed by atoms with Gasteiger partial charge >= 0.3 is 0 Å². The van der Waals surface area contributed by atoms with E-state index < -0.39 is 0 Å². The van der Waals surface area contributed by atoms with Gasteiger partial charge in [-0.2, -0.15) is 0 Å². The number of ketones is 1. The van der Waals surface area contributed by atoms with Gasteiger partial charge in [-0.1, -0.05) is 67.6 Å². The van der Waals surface area contributed by atoms with Gasteiger partial charge in [0.2, 0.25) is 0 Å². The highest BCUT2D eigenvalue weighted by atomic mass is 16.5. The number of hydrogen-bond acceptors (Lipinski definition) is 2. The minimum absolute atomic E-state index is 0.0704. The third kappa shape index (κ3) is 2.81. The summed E-state index contributed by atoms with van der Waals surface area (Å²) in [7, 11) is 0. The van der Waals surface area contributed by atoms with Crippen molar-refractivity contribution in [2.24, 2.45) is 5.92 Å². The van der Waals surface area contributed by atoms with Crippen LogP contribution in [0.15, 0.2) is 66.2 Å². The molecular formula is C19H18O2. The van der Waals surface area contributed by atoms with Crippen molar-refractivity contribution in [1.82, 2.24) is 0 Å². The number of rotatable bonds is 3. The lowest BCUT2D eigenvalue weighted by Crippen LogP contribution is -2.23. The van der Waals surface area contributed by atoms with Crippen LogP contribution in [0.5, 0.6) is 0 Å². The number of carbonyl (C=O) groups is 1. The predicted molar refractivity (Wildman–Crippen MR) is 84.1 cm³/mol. The molecule has 0 saturated heterocycles. The molecule has 1 unspecified atom stereocenters. The van der Waals surface area contributed by atoms with E-state index in [0.717, 1.165) is 22.3 Å². The Hall–Kier alpha value is -2.19. The van der Waals surface area contributed by atoms with Gasteiger partial charge in [-0.3, -0.25) is 4.79 Å². The Bertz CT molecular complexity index is 656. The van der Waals surface area contributed by atoms with Crippen LogP contribution < -0.4 is 0 Å². The van der Waals surface area contributed by atoms with Crippen LogP contribution in [0.25, 0.3) is 5.57 Å². The first-order chi connectivity index (χ1) is 10.3. The van der Waals surface area contributed by atoms with Gasteiger partial charge in [0.15, 0.2) is 5.78 Å². The molecule has 21 heavy (non-hydrogen) atoms. The zero-order valence-corrected chi connectivity index (χ0v) is 12.1. The zero-order chi connectivity index (χ0) is 14.7. The molecule has 1 aliphatic rings. The van der Waals surface area contributed by atoms with Crippen molar-refractivity contribution in [3.63, 3.8) is 0 Å². The van der Waals surface area contributed by atoms with E-state index in [4.69, 9.17) is 4.74 Å². The van der Waals surface area contributed by atoms with E-state index >= 15 is 0 Å². The lowest BCUT2D eigenvalue weighted by molar-refractivity contribution is 0.0937. The average molecular weight is 278 g/mol. The lowest BCUT2D eigenvalue weighted by Gasteiger charge is -2.26. The maximum Gasteiger partial charge on any atom is 0.191 e. The molecular weight excluding hydrogens is 260 g/mol. The molecule has 0 aliphatic carbocycles. The minimum Gasteiger partial charge on any atom is -0.376 e. The summed E-state index contributed by atoms with van der Waals surface area (Å²) in [5.74, 6) is 0.296. The topological polar surface area (TPSA) is 26.3 Å². The Morgan fingerprint density at radius 1 is 1.00 bits per heavy atom. The van der Waals surface area contributed by atoms with Crippen molar-refractivity contribution in [2.45, 2.75) is 6.92 Å². The van der Waals surface area contributed by atoms with E-state index in [0.29, 0.717) is 13.2 Å². The highest BCUT2D eigenvalue weighted by Gasteiger charge is 2.26. The summed E-state index contributed by atoms with van der Waals surface area (Å²) < 4.78 is 5.61. The van der Waals surface area contributed by atoms with Crippen LogP contribution >= 0.6 is 0 Å². The molecule has 2 heteroatoms. The monoisotopic (exact) mass is 278 g/mol. The molecule has 1 atom stereocenters.